The van der Waals surface area contributed by atoms with Crippen molar-refractivity contribution in [3.63, 3.8) is 0 Å². The molecule has 22 heavy (non-hydrogen) atoms. The minimum Gasteiger partial charge on any atom is -0.493 e. The summed E-state index contributed by atoms with van der Waals surface area (Å²) in [6.07, 6.45) is 1.53. The second-order valence-corrected chi connectivity index (χ2v) is 4.33. The molecule has 0 fully saturated rings. The van der Waals surface area contributed by atoms with E-state index in [-0.39, 0.29) is 5.69 Å². The van der Waals surface area contributed by atoms with Gasteiger partial charge in [-0.15, -0.1) is 5.10 Å². The van der Waals surface area contributed by atoms with Crippen molar-refractivity contribution < 1.29 is 13.9 Å². The number of furan rings is 1. The molecule has 2 heterocycles. The van der Waals surface area contributed by atoms with Gasteiger partial charge in [-0.1, -0.05) is 5.21 Å². The molecule has 0 aliphatic heterocycles. The SMILES string of the molecule is COc1ccc(-n2nnc(C#N)c2-c2ccco2)cc1OC. The maximum atomic E-state index is 9.21. The number of nitriles is 1. The zero-order valence-corrected chi connectivity index (χ0v) is 12.0. The number of methoxy groups -OCH3 is 2. The van der Waals surface area contributed by atoms with Crippen molar-refractivity contribution in [2.24, 2.45) is 0 Å². The van der Waals surface area contributed by atoms with Crippen LogP contribution < -0.4 is 9.47 Å². The maximum absolute atomic E-state index is 9.21. The van der Waals surface area contributed by atoms with Crippen molar-refractivity contribution in [3.8, 4) is 34.7 Å². The smallest absolute Gasteiger partial charge is 0.194 e. The molecule has 7 nitrogen and oxygen atoms in total. The fourth-order valence-electron chi connectivity index (χ4n) is 2.13. The number of rotatable bonds is 4. The zero-order chi connectivity index (χ0) is 15.5. The summed E-state index contributed by atoms with van der Waals surface area (Å²) in [7, 11) is 3.12. The zero-order valence-electron chi connectivity index (χ0n) is 12.0. The van der Waals surface area contributed by atoms with E-state index in [1.54, 1.807) is 44.6 Å². The predicted octanol–water partition coefficient (Wildman–Crippen LogP) is 2.42. The number of hydrogen-bond acceptors (Lipinski definition) is 6. The maximum Gasteiger partial charge on any atom is 0.194 e. The lowest BCUT2D eigenvalue weighted by Gasteiger charge is -2.10. The topological polar surface area (TPSA) is 86.1 Å². The van der Waals surface area contributed by atoms with Gasteiger partial charge in [-0.2, -0.15) is 5.26 Å². The minimum absolute atomic E-state index is 0.185. The van der Waals surface area contributed by atoms with Crippen LogP contribution in [0.5, 0.6) is 11.5 Å². The van der Waals surface area contributed by atoms with Crippen LogP contribution in [0.3, 0.4) is 0 Å². The third-order valence-corrected chi connectivity index (χ3v) is 3.14. The summed E-state index contributed by atoms with van der Waals surface area (Å²) in [6.45, 7) is 0. The van der Waals surface area contributed by atoms with E-state index in [1.165, 1.54) is 10.9 Å². The molecular formula is C15H12N4O3. The van der Waals surface area contributed by atoms with E-state index in [2.05, 4.69) is 10.3 Å². The molecule has 7 heteroatoms. The molecule has 0 radical (unpaired) electrons. The predicted molar refractivity (Wildman–Crippen MR) is 76.9 cm³/mol. The standard InChI is InChI=1S/C15H12N4O3/c1-20-12-6-5-10(8-14(12)21-2)19-15(11(9-16)17-18-19)13-4-3-7-22-13/h3-8H,1-2H3. The molecular weight excluding hydrogens is 284 g/mol. The minimum atomic E-state index is 0.185. The first-order valence-electron chi connectivity index (χ1n) is 6.40. The van der Waals surface area contributed by atoms with Crippen LogP contribution in [0, 0.1) is 11.3 Å². The summed E-state index contributed by atoms with van der Waals surface area (Å²) in [6, 6.07) is 10.8. The van der Waals surface area contributed by atoms with E-state index < -0.39 is 0 Å². The molecule has 0 aliphatic carbocycles. The summed E-state index contributed by atoms with van der Waals surface area (Å²) < 4.78 is 17.4. The number of ether oxygens (including phenoxy) is 2. The lowest BCUT2D eigenvalue weighted by molar-refractivity contribution is 0.354. The van der Waals surface area contributed by atoms with Crippen molar-refractivity contribution >= 4 is 0 Å². The van der Waals surface area contributed by atoms with Gasteiger partial charge < -0.3 is 13.9 Å². The van der Waals surface area contributed by atoms with Gasteiger partial charge in [0, 0.05) is 6.07 Å². The van der Waals surface area contributed by atoms with E-state index in [4.69, 9.17) is 13.9 Å². The largest absolute Gasteiger partial charge is 0.493 e. The first-order chi connectivity index (χ1) is 10.8. The summed E-state index contributed by atoms with van der Waals surface area (Å²) in [5.41, 5.74) is 1.35. The Morgan fingerprint density at radius 3 is 2.64 bits per heavy atom. The Bertz CT molecular complexity index is 831. The Hall–Kier alpha value is -3.27. The third kappa shape index (κ3) is 2.16. The van der Waals surface area contributed by atoms with Crippen molar-refractivity contribution in [1.82, 2.24) is 15.0 Å². The van der Waals surface area contributed by atoms with E-state index in [9.17, 15) is 5.26 Å². The Balaban J connectivity index is 2.18. The van der Waals surface area contributed by atoms with Crippen LogP contribution in [0.1, 0.15) is 5.69 Å². The van der Waals surface area contributed by atoms with Gasteiger partial charge in [0.2, 0.25) is 0 Å². The lowest BCUT2D eigenvalue weighted by Crippen LogP contribution is -2.01. The van der Waals surface area contributed by atoms with Crippen molar-refractivity contribution in [2.75, 3.05) is 14.2 Å². The first-order valence-corrected chi connectivity index (χ1v) is 6.40. The molecule has 0 atom stereocenters. The second-order valence-electron chi connectivity index (χ2n) is 4.33. The molecule has 1 aromatic carbocycles. The van der Waals surface area contributed by atoms with Gasteiger partial charge in [0.05, 0.1) is 26.2 Å². The summed E-state index contributed by atoms with van der Waals surface area (Å²) >= 11 is 0. The Morgan fingerprint density at radius 1 is 1.18 bits per heavy atom. The first kappa shape index (κ1) is 13.7. The highest BCUT2D eigenvalue weighted by Crippen LogP contribution is 2.31. The molecule has 0 bridgehead atoms. The van der Waals surface area contributed by atoms with Crippen molar-refractivity contribution in [1.29, 1.82) is 5.26 Å². The molecule has 0 spiro atoms. The highest BCUT2D eigenvalue weighted by atomic mass is 16.5. The summed E-state index contributed by atoms with van der Waals surface area (Å²) in [5.74, 6) is 1.67. The van der Waals surface area contributed by atoms with Crippen LogP contribution in [0.15, 0.2) is 41.0 Å². The quantitative estimate of drug-likeness (QED) is 0.735. The number of aromatic nitrogens is 3. The van der Waals surface area contributed by atoms with Crippen molar-refractivity contribution in [3.05, 3.63) is 42.3 Å². The van der Waals surface area contributed by atoms with E-state index in [0.717, 1.165) is 0 Å². The monoisotopic (exact) mass is 296 g/mol. The second kappa shape index (κ2) is 5.61. The van der Waals surface area contributed by atoms with Crippen LogP contribution in [-0.4, -0.2) is 29.2 Å². The van der Waals surface area contributed by atoms with Gasteiger partial charge in [-0.3, -0.25) is 0 Å². The molecule has 3 rings (SSSR count). The highest BCUT2D eigenvalue weighted by Gasteiger charge is 2.19. The van der Waals surface area contributed by atoms with Gasteiger partial charge in [-0.05, 0) is 24.3 Å². The fraction of sp³-hybridized carbons (Fsp3) is 0.133. The van der Waals surface area contributed by atoms with E-state index in [1.807, 2.05) is 6.07 Å². The molecule has 110 valence electrons. The lowest BCUT2D eigenvalue weighted by atomic mass is 10.2. The van der Waals surface area contributed by atoms with Crippen LogP contribution in [0.2, 0.25) is 0 Å². The van der Waals surface area contributed by atoms with Gasteiger partial charge >= 0.3 is 0 Å². The van der Waals surface area contributed by atoms with Gasteiger partial charge in [0.25, 0.3) is 0 Å². The Kier molecular flexibility index (Phi) is 3.50. The Morgan fingerprint density at radius 2 is 2.00 bits per heavy atom. The summed E-state index contributed by atoms with van der Waals surface area (Å²) in [5, 5.41) is 17.1. The average Bonchev–Trinajstić information content (AvgIpc) is 3.22. The molecule has 0 unspecified atom stereocenters. The van der Waals surface area contributed by atoms with Crippen LogP contribution >= 0.6 is 0 Å². The molecule has 3 aromatic rings. The van der Waals surface area contributed by atoms with E-state index >= 15 is 0 Å². The summed E-state index contributed by atoms with van der Waals surface area (Å²) in [4.78, 5) is 0. The molecule has 0 amide bonds. The van der Waals surface area contributed by atoms with Gasteiger partial charge in [-0.25, -0.2) is 4.68 Å². The molecule has 2 aromatic heterocycles. The molecule has 0 saturated heterocycles. The average molecular weight is 296 g/mol. The normalized spacial score (nSPS) is 10.2. The van der Waals surface area contributed by atoms with Crippen LogP contribution in [0.4, 0.5) is 0 Å². The van der Waals surface area contributed by atoms with Crippen LogP contribution in [-0.2, 0) is 0 Å². The third-order valence-electron chi connectivity index (χ3n) is 3.14. The van der Waals surface area contributed by atoms with E-state index in [0.29, 0.717) is 28.6 Å². The van der Waals surface area contributed by atoms with Gasteiger partial charge in [0.1, 0.15) is 11.8 Å². The number of benzene rings is 1. The molecule has 0 N–H and O–H groups in total. The Labute approximate surface area is 126 Å². The van der Waals surface area contributed by atoms with Gasteiger partial charge in [0.15, 0.2) is 23.0 Å². The fourth-order valence-corrected chi connectivity index (χ4v) is 2.13. The molecule has 0 saturated carbocycles. The van der Waals surface area contributed by atoms with Crippen molar-refractivity contribution in [2.45, 2.75) is 0 Å². The number of hydrogen-bond donors (Lipinski definition) is 0. The number of nitrogens with zero attached hydrogens (tertiary/aromatic N) is 4. The van der Waals surface area contributed by atoms with Crippen LogP contribution in [0.25, 0.3) is 17.1 Å². The molecule has 0 aliphatic rings. The highest BCUT2D eigenvalue weighted by molar-refractivity contribution is 5.63.